The average Bonchev–Trinajstić information content (AvgIpc) is 3.02. The number of hydrogen-bond acceptors (Lipinski definition) is 4. The number of benzene rings is 1. The van der Waals surface area contributed by atoms with Gasteiger partial charge in [0.2, 0.25) is 10.0 Å². The van der Waals surface area contributed by atoms with Crippen molar-refractivity contribution in [2.24, 2.45) is 5.73 Å². The molecule has 1 aromatic rings. The Morgan fingerprint density at radius 2 is 2.04 bits per heavy atom. The van der Waals surface area contributed by atoms with E-state index in [2.05, 4.69) is 16.6 Å². The van der Waals surface area contributed by atoms with Gasteiger partial charge in [-0.3, -0.25) is 4.79 Å². The van der Waals surface area contributed by atoms with Crippen LogP contribution < -0.4 is 15.8 Å². The number of carbonyl (C=O) groups excluding carboxylic acids is 1. The van der Waals surface area contributed by atoms with Crippen LogP contribution in [0.5, 0.6) is 0 Å². The molecular weight excluding hydrogens is 314 g/mol. The van der Waals surface area contributed by atoms with Gasteiger partial charge in [0, 0.05) is 18.7 Å². The Kier molecular flexibility index (Phi) is 5.56. The summed E-state index contributed by atoms with van der Waals surface area (Å²) in [5.41, 5.74) is 5.76. The molecule has 23 heavy (non-hydrogen) atoms. The van der Waals surface area contributed by atoms with Crippen LogP contribution in [0, 0.1) is 0 Å². The van der Waals surface area contributed by atoms with Gasteiger partial charge in [-0.15, -0.1) is 6.58 Å². The summed E-state index contributed by atoms with van der Waals surface area (Å²) in [5.74, 6) is -0.293. The van der Waals surface area contributed by atoms with E-state index in [-0.39, 0.29) is 22.9 Å². The van der Waals surface area contributed by atoms with Crippen LogP contribution in [0.1, 0.15) is 36.0 Å². The zero-order valence-corrected chi connectivity index (χ0v) is 13.9. The molecule has 2 rings (SSSR count). The van der Waals surface area contributed by atoms with Crippen molar-refractivity contribution in [3.8, 4) is 0 Å². The van der Waals surface area contributed by atoms with Gasteiger partial charge in [-0.2, -0.15) is 0 Å². The molecule has 0 radical (unpaired) electrons. The zero-order valence-electron chi connectivity index (χ0n) is 13.0. The van der Waals surface area contributed by atoms with E-state index >= 15 is 0 Å². The second-order valence-electron chi connectivity index (χ2n) is 5.81. The highest BCUT2D eigenvalue weighted by Gasteiger charge is 2.34. The summed E-state index contributed by atoms with van der Waals surface area (Å²) in [6.45, 7) is 4.00. The Balaban J connectivity index is 2.19. The van der Waals surface area contributed by atoms with Crippen molar-refractivity contribution in [2.45, 2.75) is 36.1 Å². The van der Waals surface area contributed by atoms with Gasteiger partial charge in [0.15, 0.2) is 0 Å². The predicted octanol–water partition coefficient (Wildman–Crippen LogP) is 1.15. The van der Waals surface area contributed by atoms with E-state index in [0.717, 1.165) is 25.7 Å². The Hall–Kier alpha value is -1.70. The van der Waals surface area contributed by atoms with E-state index < -0.39 is 10.0 Å². The zero-order chi connectivity index (χ0) is 16.9. The van der Waals surface area contributed by atoms with E-state index in [0.29, 0.717) is 12.1 Å². The minimum Gasteiger partial charge on any atom is -0.345 e. The summed E-state index contributed by atoms with van der Waals surface area (Å²) in [6, 6.07) is 5.98. The number of carbonyl (C=O) groups is 1. The topological polar surface area (TPSA) is 101 Å². The van der Waals surface area contributed by atoms with Crippen molar-refractivity contribution in [2.75, 3.05) is 13.1 Å². The first-order valence-corrected chi connectivity index (χ1v) is 9.14. The number of rotatable bonds is 7. The first-order valence-electron chi connectivity index (χ1n) is 7.66. The molecule has 0 unspecified atom stereocenters. The quantitative estimate of drug-likeness (QED) is 0.650. The van der Waals surface area contributed by atoms with E-state index in [4.69, 9.17) is 5.73 Å². The number of hydrogen-bond donors (Lipinski definition) is 3. The Labute approximate surface area is 137 Å². The standard InChI is InChI=1S/C16H23N3O3S/c1-2-10-18-23(21,22)14-7-5-6-13(11-14)15(20)19-16(12-17)8-3-4-9-16/h2,5-7,11,18H,1,3-4,8-10,12,17H2,(H,19,20). The lowest BCUT2D eigenvalue weighted by atomic mass is 9.97. The van der Waals surface area contributed by atoms with Gasteiger partial charge in [0.1, 0.15) is 0 Å². The lowest BCUT2D eigenvalue weighted by Gasteiger charge is -2.28. The van der Waals surface area contributed by atoms with E-state index in [1.165, 1.54) is 18.2 Å². The molecule has 1 aliphatic rings. The molecule has 0 atom stereocenters. The van der Waals surface area contributed by atoms with Crippen LogP contribution in [0.25, 0.3) is 0 Å². The van der Waals surface area contributed by atoms with Crippen molar-refractivity contribution in [3.63, 3.8) is 0 Å². The van der Waals surface area contributed by atoms with Crippen molar-refractivity contribution in [1.29, 1.82) is 0 Å². The molecule has 1 fully saturated rings. The van der Waals surface area contributed by atoms with Crippen LogP contribution in [-0.2, 0) is 10.0 Å². The Morgan fingerprint density at radius 3 is 2.65 bits per heavy atom. The largest absolute Gasteiger partial charge is 0.345 e. The minimum atomic E-state index is -3.65. The molecule has 4 N–H and O–H groups in total. The molecule has 7 heteroatoms. The minimum absolute atomic E-state index is 0.0558. The monoisotopic (exact) mass is 337 g/mol. The first-order chi connectivity index (χ1) is 10.9. The number of sulfonamides is 1. The van der Waals surface area contributed by atoms with Crippen LogP contribution in [0.3, 0.4) is 0 Å². The lowest BCUT2D eigenvalue weighted by molar-refractivity contribution is 0.0903. The molecule has 0 heterocycles. The van der Waals surface area contributed by atoms with Gasteiger partial charge >= 0.3 is 0 Å². The summed E-state index contributed by atoms with van der Waals surface area (Å²) >= 11 is 0. The third-order valence-corrected chi connectivity index (χ3v) is 5.58. The summed E-state index contributed by atoms with van der Waals surface area (Å²) in [4.78, 5) is 12.5. The van der Waals surface area contributed by atoms with Crippen LogP contribution in [0.4, 0.5) is 0 Å². The molecule has 1 saturated carbocycles. The highest BCUT2D eigenvalue weighted by atomic mass is 32.2. The van der Waals surface area contributed by atoms with Crippen LogP contribution in [0.2, 0.25) is 0 Å². The summed E-state index contributed by atoms with van der Waals surface area (Å²) in [6.07, 6.45) is 5.25. The van der Waals surface area contributed by atoms with E-state index in [1.807, 2.05) is 0 Å². The molecule has 0 aromatic heterocycles. The summed E-state index contributed by atoms with van der Waals surface area (Å²) < 4.78 is 26.6. The molecule has 126 valence electrons. The fourth-order valence-corrected chi connectivity index (χ4v) is 3.85. The maximum Gasteiger partial charge on any atom is 0.251 e. The van der Waals surface area contributed by atoms with Crippen molar-refractivity contribution in [3.05, 3.63) is 42.5 Å². The predicted molar refractivity (Wildman–Crippen MR) is 89.5 cm³/mol. The second kappa shape index (κ2) is 7.25. The maximum atomic E-state index is 12.5. The smallest absolute Gasteiger partial charge is 0.251 e. The van der Waals surface area contributed by atoms with E-state index in [1.54, 1.807) is 12.1 Å². The Bertz CT molecular complexity index is 680. The molecule has 1 aromatic carbocycles. The molecule has 0 bridgehead atoms. The molecule has 1 aliphatic carbocycles. The van der Waals surface area contributed by atoms with Gasteiger partial charge in [0.25, 0.3) is 5.91 Å². The van der Waals surface area contributed by atoms with Gasteiger partial charge in [-0.25, -0.2) is 13.1 Å². The third kappa shape index (κ3) is 4.19. The third-order valence-electron chi connectivity index (χ3n) is 4.15. The molecular formula is C16H23N3O3S. The summed E-state index contributed by atoms with van der Waals surface area (Å²) in [5, 5.41) is 2.98. The van der Waals surface area contributed by atoms with Crippen molar-refractivity contribution < 1.29 is 13.2 Å². The maximum absolute atomic E-state index is 12.5. The molecule has 6 nitrogen and oxygen atoms in total. The van der Waals surface area contributed by atoms with Crippen LogP contribution in [-0.4, -0.2) is 33.0 Å². The van der Waals surface area contributed by atoms with Gasteiger partial charge in [-0.05, 0) is 31.0 Å². The lowest BCUT2D eigenvalue weighted by Crippen LogP contribution is -2.51. The normalized spacial score (nSPS) is 16.9. The highest BCUT2D eigenvalue weighted by molar-refractivity contribution is 7.89. The summed E-state index contributed by atoms with van der Waals surface area (Å²) in [7, 11) is -3.65. The highest BCUT2D eigenvalue weighted by Crippen LogP contribution is 2.29. The van der Waals surface area contributed by atoms with Crippen LogP contribution >= 0.6 is 0 Å². The number of nitrogens with one attached hydrogen (secondary N) is 2. The van der Waals surface area contributed by atoms with Crippen LogP contribution in [0.15, 0.2) is 41.8 Å². The van der Waals surface area contributed by atoms with Gasteiger partial charge in [-0.1, -0.05) is 25.0 Å². The molecule has 1 amide bonds. The SMILES string of the molecule is C=CCNS(=O)(=O)c1cccc(C(=O)NC2(CN)CCCC2)c1. The molecule has 0 spiro atoms. The van der Waals surface area contributed by atoms with Gasteiger partial charge in [0.05, 0.1) is 10.4 Å². The fraction of sp³-hybridized carbons (Fsp3) is 0.438. The second-order valence-corrected chi connectivity index (χ2v) is 7.58. The molecule has 0 aliphatic heterocycles. The van der Waals surface area contributed by atoms with Crippen molar-refractivity contribution in [1.82, 2.24) is 10.0 Å². The molecule has 0 saturated heterocycles. The van der Waals surface area contributed by atoms with Gasteiger partial charge < -0.3 is 11.1 Å². The average molecular weight is 337 g/mol. The van der Waals surface area contributed by atoms with Crippen molar-refractivity contribution >= 4 is 15.9 Å². The first kappa shape index (κ1) is 17.7. The fourth-order valence-electron chi connectivity index (χ4n) is 2.80. The number of amides is 1. The Morgan fingerprint density at radius 1 is 1.35 bits per heavy atom. The van der Waals surface area contributed by atoms with E-state index in [9.17, 15) is 13.2 Å². The number of nitrogens with two attached hydrogens (primary N) is 1.